The van der Waals surface area contributed by atoms with Gasteiger partial charge in [-0.3, -0.25) is 4.79 Å². The lowest BCUT2D eigenvalue weighted by Gasteiger charge is -2.04. The lowest BCUT2D eigenvalue weighted by molar-refractivity contribution is -0.137. The Hall–Kier alpha value is 0.267. The molecule has 0 aliphatic carbocycles. The van der Waals surface area contributed by atoms with E-state index in [0.29, 0.717) is 6.42 Å². The van der Waals surface area contributed by atoms with Crippen LogP contribution in [0.4, 0.5) is 0 Å². The van der Waals surface area contributed by atoms with Crippen molar-refractivity contribution >= 4 is 35.5 Å². The first-order valence-corrected chi connectivity index (χ1v) is 19.9. The van der Waals surface area contributed by atoms with Gasteiger partial charge in [0.25, 0.3) is 0 Å². The number of halogens is 2. The monoisotopic (exact) mass is 550 g/mol. The maximum atomic E-state index is 10.5. The summed E-state index contributed by atoms with van der Waals surface area (Å²) in [6.45, 7) is 0. The molecule has 210 valence electrons. The fraction of sp³-hybridized carbons (Fsp3) is 0.967. The second-order valence-corrected chi connectivity index (χ2v) is 16.1. The summed E-state index contributed by atoms with van der Waals surface area (Å²) < 4.78 is 0. The summed E-state index contributed by atoms with van der Waals surface area (Å²) in [6.07, 6.45) is 37.2. The molecule has 0 rings (SSSR count). The lowest BCUT2D eigenvalue weighted by Crippen LogP contribution is -1.93. The number of unbranched alkanes of at least 4 members (excludes halogenated alkanes) is 26. The highest BCUT2D eigenvalue weighted by atomic mass is 35.7. The molecule has 0 atom stereocenters. The minimum atomic E-state index is -1.34. The van der Waals surface area contributed by atoms with Crippen LogP contribution in [0.1, 0.15) is 180 Å². The summed E-state index contributed by atoms with van der Waals surface area (Å²) >= 11 is 11.8. The molecule has 0 aromatic heterocycles. The van der Waals surface area contributed by atoms with E-state index in [1.54, 1.807) is 0 Å². The molecule has 35 heavy (non-hydrogen) atoms. The Morgan fingerprint density at radius 2 is 0.600 bits per heavy atom. The predicted molar refractivity (Wildman–Crippen MR) is 161 cm³/mol. The van der Waals surface area contributed by atoms with Gasteiger partial charge in [-0.1, -0.05) is 167 Å². The van der Waals surface area contributed by atoms with Crippen LogP contribution in [0.3, 0.4) is 0 Å². The third-order valence-corrected chi connectivity index (χ3v) is 9.47. The van der Waals surface area contributed by atoms with E-state index in [1.165, 1.54) is 161 Å². The molecule has 0 aliphatic rings. The van der Waals surface area contributed by atoms with Gasteiger partial charge in [0.15, 0.2) is 0 Å². The van der Waals surface area contributed by atoms with Gasteiger partial charge in [-0.25, -0.2) is 0 Å². The first-order chi connectivity index (χ1) is 17.1. The fourth-order valence-corrected chi connectivity index (χ4v) is 6.52. The largest absolute Gasteiger partial charge is 0.481 e. The van der Waals surface area contributed by atoms with Crippen molar-refractivity contribution in [2.45, 2.75) is 186 Å². The molecule has 0 saturated carbocycles. The molecule has 2 nitrogen and oxygen atoms in total. The molecule has 0 bridgehead atoms. The third-order valence-electron chi connectivity index (χ3n) is 7.31. The highest BCUT2D eigenvalue weighted by Crippen LogP contribution is 2.17. The Balaban J connectivity index is 3.02. The average Bonchev–Trinajstić information content (AvgIpc) is 2.82. The Morgan fingerprint density at radius 3 is 0.800 bits per heavy atom. The van der Waals surface area contributed by atoms with Crippen molar-refractivity contribution in [1.82, 2.24) is 0 Å². The Bertz CT molecular complexity index is 421. The molecule has 0 radical (unpaired) electrons. The molecular formula is C30H60Cl2O2Si. The van der Waals surface area contributed by atoms with Gasteiger partial charge in [0.1, 0.15) is 0 Å². The van der Waals surface area contributed by atoms with E-state index in [4.69, 9.17) is 27.3 Å². The van der Waals surface area contributed by atoms with Crippen molar-refractivity contribution in [2.24, 2.45) is 0 Å². The van der Waals surface area contributed by atoms with Crippen LogP contribution < -0.4 is 0 Å². The molecule has 0 aliphatic heterocycles. The first kappa shape index (κ1) is 35.3. The van der Waals surface area contributed by atoms with Crippen molar-refractivity contribution in [3.05, 3.63) is 0 Å². The van der Waals surface area contributed by atoms with Gasteiger partial charge in [0.2, 0.25) is 7.42 Å². The summed E-state index contributed by atoms with van der Waals surface area (Å²) in [5.41, 5.74) is 0. The number of rotatable bonds is 30. The number of carboxylic acids is 1. The standard InChI is InChI=1S/C30H60Cl2O2Si/c31-35(32)29-27-25-23-21-19-17-15-13-11-9-7-5-3-1-2-4-6-8-10-12-14-16-18-20-22-24-26-28-30(33)34/h35H,1-29H2,(H,33,34). The molecule has 0 aromatic carbocycles. The van der Waals surface area contributed by atoms with E-state index in [2.05, 4.69) is 0 Å². The number of carboxylic acid groups (broad SMARTS) is 1. The van der Waals surface area contributed by atoms with Crippen LogP contribution in [0.15, 0.2) is 0 Å². The van der Waals surface area contributed by atoms with Crippen molar-refractivity contribution in [3.63, 3.8) is 0 Å². The normalized spacial score (nSPS) is 11.5. The quantitative estimate of drug-likeness (QED) is 0.0547. The molecule has 0 aromatic rings. The van der Waals surface area contributed by atoms with Gasteiger partial charge >= 0.3 is 5.97 Å². The van der Waals surface area contributed by atoms with Crippen LogP contribution in [0, 0.1) is 0 Å². The SMILES string of the molecule is O=C(O)CCCCCCCCCCCCCCCCCCCCCCCCCCCCC[SiH](Cl)Cl. The second-order valence-electron chi connectivity index (χ2n) is 10.9. The highest BCUT2D eigenvalue weighted by molar-refractivity contribution is 7.33. The second kappa shape index (κ2) is 30.5. The zero-order valence-corrected chi connectivity index (χ0v) is 25.9. The van der Waals surface area contributed by atoms with Gasteiger partial charge in [0.05, 0.1) is 0 Å². The van der Waals surface area contributed by atoms with Gasteiger partial charge < -0.3 is 5.11 Å². The van der Waals surface area contributed by atoms with Gasteiger partial charge in [-0.2, -0.15) is 22.2 Å². The van der Waals surface area contributed by atoms with E-state index >= 15 is 0 Å². The maximum absolute atomic E-state index is 10.5. The van der Waals surface area contributed by atoms with E-state index in [0.717, 1.165) is 18.9 Å². The molecule has 0 unspecified atom stereocenters. The van der Waals surface area contributed by atoms with Crippen LogP contribution in [0.25, 0.3) is 0 Å². The van der Waals surface area contributed by atoms with Crippen LogP contribution in [-0.2, 0) is 4.79 Å². The molecule has 1 N–H and O–H groups in total. The first-order valence-electron chi connectivity index (χ1n) is 15.6. The fourth-order valence-electron chi connectivity index (χ4n) is 4.99. The molecule has 0 heterocycles. The molecule has 0 spiro atoms. The minimum Gasteiger partial charge on any atom is -0.481 e. The predicted octanol–water partition coefficient (Wildman–Crippen LogP) is 11.7. The zero-order chi connectivity index (χ0) is 25.7. The van der Waals surface area contributed by atoms with Gasteiger partial charge in [0, 0.05) is 6.42 Å². The Morgan fingerprint density at radius 1 is 0.400 bits per heavy atom. The number of hydrogen-bond acceptors (Lipinski definition) is 1. The van der Waals surface area contributed by atoms with Crippen LogP contribution in [0.5, 0.6) is 0 Å². The summed E-state index contributed by atoms with van der Waals surface area (Å²) in [5, 5.41) is 8.62. The lowest BCUT2D eigenvalue weighted by atomic mass is 10.0. The molecule has 0 saturated heterocycles. The summed E-state index contributed by atoms with van der Waals surface area (Å²) in [4.78, 5) is 10.5. The average molecular weight is 552 g/mol. The van der Waals surface area contributed by atoms with E-state index < -0.39 is 13.4 Å². The van der Waals surface area contributed by atoms with Crippen molar-refractivity contribution in [1.29, 1.82) is 0 Å². The van der Waals surface area contributed by atoms with Gasteiger partial charge in [-0.15, -0.1) is 0 Å². The Labute approximate surface area is 230 Å². The summed E-state index contributed by atoms with van der Waals surface area (Å²) in [7, 11) is -1.34. The maximum Gasteiger partial charge on any atom is 0.303 e. The molecular weight excluding hydrogens is 491 g/mol. The van der Waals surface area contributed by atoms with Gasteiger partial charge in [-0.05, 0) is 12.5 Å². The molecule has 5 heteroatoms. The van der Waals surface area contributed by atoms with Crippen molar-refractivity contribution in [3.8, 4) is 0 Å². The number of carbonyl (C=O) groups is 1. The van der Waals surface area contributed by atoms with Crippen molar-refractivity contribution in [2.75, 3.05) is 0 Å². The van der Waals surface area contributed by atoms with Crippen LogP contribution in [-0.4, -0.2) is 18.5 Å². The topological polar surface area (TPSA) is 37.3 Å². The zero-order valence-electron chi connectivity index (χ0n) is 23.2. The van der Waals surface area contributed by atoms with E-state index in [9.17, 15) is 4.79 Å². The van der Waals surface area contributed by atoms with E-state index in [-0.39, 0.29) is 0 Å². The third kappa shape index (κ3) is 34.3. The smallest absolute Gasteiger partial charge is 0.303 e. The van der Waals surface area contributed by atoms with Crippen LogP contribution in [0.2, 0.25) is 6.04 Å². The molecule has 0 amide bonds. The summed E-state index contributed by atoms with van der Waals surface area (Å²) in [5.74, 6) is -0.652. The number of hydrogen-bond donors (Lipinski definition) is 1. The van der Waals surface area contributed by atoms with Crippen LogP contribution >= 0.6 is 22.2 Å². The minimum absolute atomic E-state index is 0.343. The number of aliphatic carboxylic acids is 1. The van der Waals surface area contributed by atoms with E-state index in [1.807, 2.05) is 0 Å². The summed E-state index contributed by atoms with van der Waals surface area (Å²) in [6, 6.07) is 1.09. The highest BCUT2D eigenvalue weighted by Gasteiger charge is 2.01. The molecule has 0 fully saturated rings. The van der Waals surface area contributed by atoms with Crippen molar-refractivity contribution < 1.29 is 9.90 Å². The Kier molecular flexibility index (Phi) is 30.7.